The van der Waals surface area contributed by atoms with Gasteiger partial charge in [-0.05, 0) is 35.9 Å². The van der Waals surface area contributed by atoms with Crippen LogP contribution in [0.3, 0.4) is 0 Å². The lowest BCUT2D eigenvalue weighted by molar-refractivity contribution is -0.137. The number of pyridine rings is 1. The zero-order valence-corrected chi connectivity index (χ0v) is 14.9. The molecule has 1 saturated heterocycles. The Labute approximate surface area is 160 Å². The fourth-order valence-corrected chi connectivity index (χ4v) is 2.84. The van der Waals surface area contributed by atoms with Gasteiger partial charge in [-0.1, -0.05) is 12.1 Å². The number of alkyl halides is 3. The van der Waals surface area contributed by atoms with Crippen molar-refractivity contribution in [2.24, 2.45) is 0 Å². The van der Waals surface area contributed by atoms with Crippen LogP contribution < -0.4 is 4.90 Å². The van der Waals surface area contributed by atoms with Gasteiger partial charge in [-0.15, -0.1) is 0 Å². The molecule has 1 fully saturated rings. The number of anilines is 1. The molecule has 1 amide bonds. The van der Waals surface area contributed by atoms with E-state index in [1.165, 1.54) is 12.1 Å². The molecule has 3 rings (SSSR count). The number of halogens is 3. The molecule has 0 bridgehead atoms. The summed E-state index contributed by atoms with van der Waals surface area (Å²) in [6, 6.07) is 11.3. The number of nitrogens with zero attached hydrogens (tertiary/aromatic N) is 4. The van der Waals surface area contributed by atoms with E-state index in [0.717, 1.165) is 17.8 Å². The molecule has 0 atom stereocenters. The third-order valence-corrected chi connectivity index (χ3v) is 4.45. The predicted molar refractivity (Wildman–Crippen MR) is 98.2 cm³/mol. The van der Waals surface area contributed by atoms with Crippen molar-refractivity contribution in [3.05, 3.63) is 65.4 Å². The van der Waals surface area contributed by atoms with Crippen molar-refractivity contribution in [3.8, 4) is 6.07 Å². The number of carbonyl (C=O) groups is 1. The van der Waals surface area contributed by atoms with Gasteiger partial charge >= 0.3 is 6.18 Å². The molecule has 0 aliphatic carbocycles. The van der Waals surface area contributed by atoms with Gasteiger partial charge in [-0.25, -0.2) is 4.98 Å². The quantitative estimate of drug-likeness (QED) is 0.760. The molecule has 5 nitrogen and oxygen atoms in total. The second-order valence-electron chi connectivity index (χ2n) is 6.28. The van der Waals surface area contributed by atoms with Crippen LogP contribution in [0.15, 0.2) is 48.7 Å². The summed E-state index contributed by atoms with van der Waals surface area (Å²) >= 11 is 0. The van der Waals surface area contributed by atoms with E-state index in [-0.39, 0.29) is 5.91 Å². The minimum absolute atomic E-state index is 0.135. The molecule has 1 aliphatic heterocycles. The largest absolute Gasteiger partial charge is 0.417 e. The van der Waals surface area contributed by atoms with E-state index in [4.69, 9.17) is 5.26 Å². The van der Waals surface area contributed by atoms with Crippen molar-refractivity contribution in [1.82, 2.24) is 9.88 Å². The first-order valence-corrected chi connectivity index (χ1v) is 8.62. The molecule has 0 radical (unpaired) electrons. The third-order valence-electron chi connectivity index (χ3n) is 4.45. The van der Waals surface area contributed by atoms with E-state index >= 15 is 0 Å². The normalized spacial score (nSPS) is 14.9. The Kier molecular flexibility index (Phi) is 5.64. The molecule has 2 aromatic rings. The summed E-state index contributed by atoms with van der Waals surface area (Å²) < 4.78 is 37.8. The van der Waals surface area contributed by atoms with Crippen LogP contribution in [-0.2, 0) is 11.0 Å². The van der Waals surface area contributed by atoms with Crippen LogP contribution in [0.25, 0.3) is 6.08 Å². The molecule has 1 aromatic heterocycles. The number of piperazine rings is 1. The average Bonchev–Trinajstić information content (AvgIpc) is 2.72. The molecular weight excluding hydrogens is 369 g/mol. The van der Waals surface area contributed by atoms with Gasteiger partial charge in [0.15, 0.2) is 0 Å². The Hall–Kier alpha value is -3.34. The number of rotatable bonds is 3. The van der Waals surface area contributed by atoms with Crippen molar-refractivity contribution >= 4 is 17.8 Å². The first-order valence-electron chi connectivity index (χ1n) is 8.62. The van der Waals surface area contributed by atoms with Gasteiger partial charge in [-0.2, -0.15) is 18.4 Å². The molecule has 0 saturated carbocycles. The number of hydrogen-bond acceptors (Lipinski definition) is 4. The van der Waals surface area contributed by atoms with Crippen molar-refractivity contribution in [2.75, 3.05) is 31.1 Å². The number of nitriles is 1. The van der Waals surface area contributed by atoms with Gasteiger partial charge in [0.05, 0.1) is 17.2 Å². The van der Waals surface area contributed by atoms with Gasteiger partial charge in [0.1, 0.15) is 5.82 Å². The average molecular weight is 386 g/mol. The number of amides is 1. The summed E-state index contributed by atoms with van der Waals surface area (Å²) in [5, 5.41) is 8.78. The lowest BCUT2D eigenvalue weighted by atomic mass is 10.1. The number of carbonyl (C=O) groups excluding carboxylic acids is 1. The molecule has 28 heavy (non-hydrogen) atoms. The van der Waals surface area contributed by atoms with Crippen molar-refractivity contribution in [2.45, 2.75) is 6.18 Å². The Morgan fingerprint density at radius 1 is 1.07 bits per heavy atom. The molecule has 0 unspecified atom stereocenters. The van der Waals surface area contributed by atoms with Crippen molar-refractivity contribution < 1.29 is 18.0 Å². The lowest BCUT2D eigenvalue weighted by Crippen LogP contribution is -2.48. The van der Waals surface area contributed by atoms with Crippen LogP contribution in [0, 0.1) is 11.3 Å². The fraction of sp³-hybridized carbons (Fsp3) is 0.250. The molecule has 2 heterocycles. The molecule has 1 aromatic carbocycles. The molecule has 8 heteroatoms. The maximum atomic E-state index is 12.6. The van der Waals surface area contributed by atoms with E-state index in [9.17, 15) is 18.0 Å². The van der Waals surface area contributed by atoms with Crippen molar-refractivity contribution in [1.29, 1.82) is 5.26 Å². The summed E-state index contributed by atoms with van der Waals surface area (Å²) in [7, 11) is 0. The highest BCUT2D eigenvalue weighted by atomic mass is 19.4. The Morgan fingerprint density at radius 2 is 1.75 bits per heavy atom. The molecule has 0 N–H and O–H groups in total. The second-order valence-corrected chi connectivity index (χ2v) is 6.28. The number of aromatic nitrogens is 1. The topological polar surface area (TPSA) is 60.2 Å². The maximum absolute atomic E-state index is 12.6. The maximum Gasteiger partial charge on any atom is 0.417 e. The predicted octanol–water partition coefficient (Wildman–Crippen LogP) is 3.33. The smallest absolute Gasteiger partial charge is 0.353 e. The summed E-state index contributed by atoms with van der Waals surface area (Å²) in [6.07, 6.45) is -0.411. The van der Waals surface area contributed by atoms with Crippen molar-refractivity contribution in [3.63, 3.8) is 0 Å². The highest BCUT2D eigenvalue weighted by Crippen LogP contribution is 2.29. The van der Waals surface area contributed by atoms with Gasteiger partial charge in [0.25, 0.3) is 0 Å². The first kappa shape index (κ1) is 19.4. The Morgan fingerprint density at radius 3 is 2.29 bits per heavy atom. The lowest BCUT2D eigenvalue weighted by Gasteiger charge is -2.35. The van der Waals surface area contributed by atoms with Gasteiger partial charge in [-0.3, -0.25) is 4.79 Å². The van der Waals surface area contributed by atoms with Crippen LogP contribution >= 0.6 is 0 Å². The second kappa shape index (κ2) is 8.13. The van der Waals surface area contributed by atoms with Gasteiger partial charge in [0, 0.05) is 38.5 Å². The highest BCUT2D eigenvalue weighted by Gasteiger charge is 2.31. The van der Waals surface area contributed by atoms with Gasteiger partial charge < -0.3 is 9.80 Å². The van der Waals surface area contributed by atoms with E-state index in [1.807, 2.05) is 11.0 Å². The summed E-state index contributed by atoms with van der Waals surface area (Å²) in [6.45, 7) is 1.90. The van der Waals surface area contributed by atoms with Crippen LogP contribution in [0.5, 0.6) is 0 Å². The third kappa shape index (κ3) is 4.68. The Balaban J connectivity index is 1.55. The Bertz CT molecular complexity index is 891. The van der Waals surface area contributed by atoms with Gasteiger partial charge in [0.2, 0.25) is 5.91 Å². The van der Waals surface area contributed by atoms with Crippen LogP contribution in [0.2, 0.25) is 0 Å². The standard InChI is InChI=1S/C20H17F3N4O/c21-20(22,23)17-6-7-18(25-14-17)26-9-11-27(12-10-26)19(28)8-5-15-1-3-16(13-24)4-2-15/h1-8,14H,9-12H2/b8-5+. The summed E-state index contributed by atoms with van der Waals surface area (Å²) in [4.78, 5) is 19.8. The number of benzene rings is 1. The highest BCUT2D eigenvalue weighted by molar-refractivity contribution is 5.92. The van der Waals surface area contributed by atoms with E-state index in [2.05, 4.69) is 4.98 Å². The fourth-order valence-electron chi connectivity index (χ4n) is 2.84. The minimum atomic E-state index is -4.40. The van der Waals surface area contributed by atoms with E-state index < -0.39 is 11.7 Å². The SMILES string of the molecule is N#Cc1ccc(/C=C/C(=O)N2CCN(c3ccc(C(F)(F)F)cn3)CC2)cc1. The molecule has 1 aliphatic rings. The monoisotopic (exact) mass is 386 g/mol. The molecular formula is C20H17F3N4O. The summed E-state index contributed by atoms with van der Waals surface area (Å²) in [5.74, 6) is 0.331. The zero-order valence-electron chi connectivity index (χ0n) is 14.9. The van der Waals surface area contributed by atoms with E-state index in [0.29, 0.717) is 37.6 Å². The van der Waals surface area contributed by atoms with Crippen LogP contribution in [0.4, 0.5) is 19.0 Å². The minimum Gasteiger partial charge on any atom is -0.353 e. The van der Waals surface area contributed by atoms with Crippen LogP contribution in [0.1, 0.15) is 16.7 Å². The van der Waals surface area contributed by atoms with Crippen LogP contribution in [-0.4, -0.2) is 42.0 Å². The molecule has 0 spiro atoms. The zero-order chi connectivity index (χ0) is 20.1. The van der Waals surface area contributed by atoms with E-state index in [1.54, 1.807) is 35.2 Å². The number of hydrogen-bond donors (Lipinski definition) is 0. The molecule has 144 valence electrons. The summed E-state index contributed by atoms with van der Waals surface area (Å²) in [5.41, 5.74) is 0.592. The first-order chi connectivity index (χ1) is 13.4.